The van der Waals surface area contributed by atoms with Gasteiger partial charge in [0.05, 0.1) is 31.3 Å². The molecular formula is C38H48N10O17. The first-order valence-corrected chi connectivity index (χ1v) is 20.0. The Morgan fingerprint density at radius 2 is 1.60 bits per heavy atom. The molecule has 352 valence electrons. The van der Waals surface area contributed by atoms with Crippen LogP contribution >= 0.6 is 0 Å². The van der Waals surface area contributed by atoms with Crippen LogP contribution in [0, 0.1) is 0 Å². The van der Waals surface area contributed by atoms with Crippen LogP contribution in [0.25, 0.3) is 11.2 Å². The lowest BCUT2D eigenvalue weighted by Crippen LogP contribution is -2.66. The molecule has 12 N–H and O–H groups in total. The predicted octanol–water partition coefficient (Wildman–Crippen LogP) is -5.10. The number of aromatic amines is 1. The molecule has 3 aromatic rings. The zero-order chi connectivity index (χ0) is 46.9. The van der Waals surface area contributed by atoms with Crippen LogP contribution in [0.15, 0.2) is 43.0 Å². The third-order valence-corrected chi connectivity index (χ3v) is 10.4. The number of benzene rings is 1. The molecule has 2 fully saturated rings. The van der Waals surface area contributed by atoms with E-state index >= 15 is 0 Å². The molecular weight excluding hydrogens is 868 g/mol. The highest BCUT2D eigenvalue weighted by Crippen LogP contribution is 2.31. The zero-order valence-corrected chi connectivity index (χ0v) is 34.4. The Kier molecular flexibility index (Phi) is 15.9. The minimum atomic E-state index is -1.81. The molecule has 27 heteroatoms. The minimum absolute atomic E-state index is 0.0731. The van der Waals surface area contributed by atoms with E-state index in [0.717, 1.165) is 22.0 Å². The van der Waals surface area contributed by atoms with Crippen LogP contribution in [0.2, 0.25) is 0 Å². The van der Waals surface area contributed by atoms with E-state index in [0.29, 0.717) is 11.2 Å². The number of aliphatic hydroxyl groups is 7. The molecule has 1 aromatic carbocycles. The molecule has 0 unspecified atom stereocenters. The second-order valence-corrected chi connectivity index (χ2v) is 14.9. The molecule has 3 aliphatic heterocycles. The van der Waals surface area contributed by atoms with Crippen LogP contribution < -0.4 is 26.0 Å². The smallest absolute Gasteiger partial charge is 0.410 e. The molecule has 0 aliphatic carbocycles. The lowest BCUT2D eigenvalue weighted by Gasteiger charge is -2.42. The molecule has 0 radical (unpaired) electrons. The van der Waals surface area contributed by atoms with E-state index in [2.05, 4.69) is 41.2 Å². The van der Waals surface area contributed by atoms with E-state index in [-0.39, 0.29) is 48.7 Å². The van der Waals surface area contributed by atoms with E-state index in [4.69, 9.17) is 18.9 Å². The van der Waals surface area contributed by atoms with E-state index in [1.54, 1.807) is 0 Å². The number of imidazole rings is 1. The number of carbonyl (C=O) groups is 6. The number of hydrogen-bond acceptors (Lipinski definition) is 21. The first-order valence-electron chi connectivity index (χ1n) is 20.0. The van der Waals surface area contributed by atoms with Gasteiger partial charge in [0.15, 0.2) is 17.7 Å². The summed E-state index contributed by atoms with van der Waals surface area (Å²) in [7, 11) is 1.23. The maximum Gasteiger partial charge on any atom is 0.410 e. The zero-order valence-electron chi connectivity index (χ0n) is 34.4. The Labute approximate surface area is 367 Å². The molecule has 5 heterocycles. The highest BCUT2D eigenvalue weighted by atomic mass is 16.7. The first-order chi connectivity index (χ1) is 31.1. The highest BCUT2D eigenvalue weighted by molar-refractivity contribution is 6.13. The van der Waals surface area contributed by atoms with Crippen molar-refractivity contribution in [3.63, 3.8) is 0 Å². The van der Waals surface area contributed by atoms with Crippen LogP contribution in [0.1, 0.15) is 18.4 Å². The number of imide groups is 1. The van der Waals surface area contributed by atoms with Crippen LogP contribution in [0.5, 0.6) is 5.75 Å². The van der Waals surface area contributed by atoms with E-state index < -0.39 is 123 Å². The number of fused-ring (bicyclic) bond motifs is 1. The second kappa shape index (κ2) is 21.5. The Bertz CT molecular complexity index is 2220. The van der Waals surface area contributed by atoms with Gasteiger partial charge in [-0.1, -0.05) is 6.07 Å². The van der Waals surface area contributed by atoms with Crippen molar-refractivity contribution in [2.24, 2.45) is 0 Å². The lowest BCUT2D eigenvalue weighted by atomic mass is 9.95. The van der Waals surface area contributed by atoms with Crippen molar-refractivity contribution >= 4 is 58.3 Å². The third-order valence-electron chi connectivity index (χ3n) is 10.4. The fraction of sp³-hybridized carbons (Fsp3) is 0.500. The largest absolute Gasteiger partial charge is 0.460 e. The van der Waals surface area contributed by atoms with Gasteiger partial charge in [-0.3, -0.25) is 28.9 Å². The van der Waals surface area contributed by atoms with Gasteiger partial charge in [0.1, 0.15) is 73.5 Å². The molecule has 6 amide bonds. The number of amides is 6. The number of aromatic nitrogens is 4. The number of rotatable bonds is 18. The average molecular weight is 917 g/mol. The molecule has 10 atom stereocenters. The Morgan fingerprint density at radius 3 is 2.32 bits per heavy atom. The molecule has 2 saturated heterocycles. The summed E-state index contributed by atoms with van der Waals surface area (Å²) < 4.78 is 22.3. The molecule has 2 aromatic heterocycles. The summed E-state index contributed by atoms with van der Waals surface area (Å²) in [6.07, 6.45) is -10.8. The van der Waals surface area contributed by atoms with Gasteiger partial charge in [0.2, 0.25) is 24.0 Å². The van der Waals surface area contributed by atoms with Gasteiger partial charge >= 0.3 is 6.09 Å². The summed E-state index contributed by atoms with van der Waals surface area (Å²) in [6.45, 7) is -2.83. The molecule has 6 rings (SSSR count). The summed E-state index contributed by atoms with van der Waals surface area (Å²) in [5.74, 6) is -3.10. The Morgan fingerprint density at radius 1 is 0.862 bits per heavy atom. The number of H-pyrrole nitrogens is 1. The highest BCUT2D eigenvalue weighted by Gasteiger charge is 2.46. The SMILES string of the molecule is CN(CC(=O)N[C@@H]1[C@@H](O)[C@H](O)[C@@H](Nc2ncnc3nc[nH]c23)O[C@H]1CO)C(=O)OCc1ccc(O[C@H]2O[C@H](CO)[C@@H](O)[C@H](O)[C@@H]2O)c(NC(=O)CCNC(=O)CCN2C(=O)C=CC2=O)c1. The fourth-order valence-electron chi connectivity index (χ4n) is 6.83. The monoisotopic (exact) mass is 916 g/mol. The fourth-order valence-corrected chi connectivity index (χ4v) is 6.83. The van der Waals surface area contributed by atoms with Gasteiger partial charge < -0.3 is 85.8 Å². The number of nitrogens with zero attached hydrogens (tertiary/aromatic N) is 5. The summed E-state index contributed by atoms with van der Waals surface area (Å²) in [5, 5.41) is 82.8. The van der Waals surface area contributed by atoms with E-state index in [9.17, 15) is 64.5 Å². The number of likely N-dealkylation sites (N-methyl/N-ethyl adjacent to an activating group) is 1. The second-order valence-electron chi connectivity index (χ2n) is 14.9. The quantitative estimate of drug-likeness (QED) is 0.0531. The molecule has 3 aliphatic rings. The Balaban J connectivity index is 1.04. The maximum absolute atomic E-state index is 13.1. The number of carbonyl (C=O) groups excluding carboxylic acids is 6. The number of nitrogens with one attached hydrogen (secondary N) is 5. The van der Waals surface area contributed by atoms with E-state index in [1.807, 2.05) is 0 Å². The van der Waals surface area contributed by atoms with Gasteiger partial charge in [-0.2, -0.15) is 0 Å². The van der Waals surface area contributed by atoms with Gasteiger partial charge in [-0.25, -0.2) is 19.7 Å². The van der Waals surface area contributed by atoms with Crippen molar-refractivity contribution in [2.45, 2.75) is 80.7 Å². The topological polar surface area (TPSA) is 390 Å². The van der Waals surface area contributed by atoms with E-state index in [1.165, 1.54) is 37.9 Å². The molecule has 27 nitrogen and oxygen atoms in total. The Hall–Kier alpha value is -6.43. The van der Waals surface area contributed by atoms with Crippen molar-refractivity contribution in [1.29, 1.82) is 0 Å². The summed E-state index contributed by atoms with van der Waals surface area (Å²) >= 11 is 0. The van der Waals surface area contributed by atoms with Gasteiger partial charge in [0.25, 0.3) is 11.8 Å². The number of ether oxygens (including phenoxy) is 4. The van der Waals surface area contributed by atoms with Crippen LogP contribution in [-0.4, -0.2) is 202 Å². The van der Waals surface area contributed by atoms with Crippen molar-refractivity contribution in [1.82, 2.24) is 40.4 Å². The van der Waals surface area contributed by atoms with Crippen LogP contribution in [0.4, 0.5) is 16.3 Å². The summed E-state index contributed by atoms with van der Waals surface area (Å²) in [4.78, 5) is 91.6. The molecule has 65 heavy (non-hydrogen) atoms. The third kappa shape index (κ3) is 11.6. The maximum atomic E-state index is 13.1. The molecule has 0 saturated carbocycles. The minimum Gasteiger partial charge on any atom is -0.460 e. The van der Waals surface area contributed by atoms with Crippen molar-refractivity contribution < 1.29 is 83.5 Å². The number of aliphatic hydroxyl groups excluding tert-OH is 7. The van der Waals surface area contributed by atoms with Crippen LogP contribution in [-0.2, 0) is 44.8 Å². The predicted molar refractivity (Wildman–Crippen MR) is 215 cm³/mol. The van der Waals surface area contributed by atoms with Crippen molar-refractivity contribution in [2.75, 3.05) is 50.5 Å². The number of anilines is 2. The van der Waals surface area contributed by atoms with Gasteiger partial charge in [0, 0.05) is 45.1 Å². The van der Waals surface area contributed by atoms with Crippen LogP contribution in [0.3, 0.4) is 0 Å². The van der Waals surface area contributed by atoms with Gasteiger partial charge in [-0.05, 0) is 17.7 Å². The lowest BCUT2D eigenvalue weighted by molar-refractivity contribution is -0.277. The van der Waals surface area contributed by atoms with Crippen molar-refractivity contribution in [3.05, 3.63) is 48.6 Å². The summed E-state index contributed by atoms with van der Waals surface area (Å²) in [5.41, 5.74) is 0.876. The first kappa shape index (κ1) is 48.0. The summed E-state index contributed by atoms with van der Waals surface area (Å²) in [6, 6.07) is 2.69. The number of hydrogen-bond donors (Lipinski definition) is 12. The standard InChI is InChI=1S/C38H48N10O17/c1-47(11-24(53)45-27-20(12-49)63-36(32(59)30(27)57)46-35-28-34(41-15-40-28)42-16-43-35)38(61)62-14-17-2-3-19(64-37-33(60)31(58)29(56)21(13-50)65-37)18(10-17)44-23(52)6-8-39-22(51)7-9-48-25(54)4-5-26(48)55/h2-5,10,15-16,20-21,27,29-33,36-37,49-50,56-60H,6-9,11-14H2,1H3,(H,39,51)(H,44,52)(H,45,53)(H2,40,41,42,43,46)/t20-,21+,27-,29+,30+,31-,32-,33-,36-,37-/m0/s1. The normalized spacial score (nSPS) is 26.4. The van der Waals surface area contributed by atoms with Gasteiger partial charge in [-0.15, -0.1) is 0 Å². The van der Waals surface area contributed by atoms with Crippen molar-refractivity contribution in [3.8, 4) is 5.75 Å². The molecule has 0 spiro atoms. The average Bonchev–Trinajstić information content (AvgIpc) is 3.90. The molecule has 0 bridgehead atoms.